The second kappa shape index (κ2) is 7.42. The molecule has 2 aromatic carbocycles. The van der Waals surface area contributed by atoms with Crippen molar-refractivity contribution in [2.75, 3.05) is 0 Å². The molecule has 0 aliphatic carbocycles. The van der Waals surface area contributed by atoms with Crippen LogP contribution in [0.25, 0.3) is 38.9 Å². The minimum absolute atomic E-state index is 0.0593. The van der Waals surface area contributed by atoms with Gasteiger partial charge < -0.3 is 5.11 Å². The molecule has 0 aliphatic rings. The van der Waals surface area contributed by atoms with Crippen molar-refractivity contribution in [2.24, 2.45) is 0 Å². The highest BCUT2D eigenvalue weighted by Gasteiger charge is 2.22. The summed E-state index contributed by atoms with van der Waals surface area (Å²) in [6, 6.07) is 9.93. The highest BCUT2D eigenvalue weighted by Crippen LogP contribution is 2.33. The third-order valence-electron chi connectivity index (χ3n) is 5.22. The zero-order valence-electron chi connectivity index (χ0n) is 16.9. The van der Waals surface area contributed by atoms with Crippen LogP contribution in [0.3, 0.4) is 0 Å². The summed E-state index contributed by atoms with van der Waals surface area (Å²) in [5.41, 5.74) is 1.23. The van der Waals surface area contributed by atoms with Gasteiger partial charge in [0.25, 0.3) is 0 Å². The lowest BCUT2D eigenvalue weighted by atomic mass is 10.1. The van der Waals surface area contributed by atoms with E-state index in [2.05, 4.69) is 19.9 Å². The number of pyridine rings is 1. The van der Waals surface area contributed by atoms with Crippen molar-refractivity contribution >= 4 is 27.9 Å². The second-order valence-corrected chi connectivity index (χ2v) is 7.15. The smallest absolute Gasteiger partial charge is 0.338 e. The number of carbonyl (C=O) groups is 1. The number of rotatable bonds is 3. The van der Waals surface area contributed by atoms with Gasteiger partial charge in [-0.05, 0) is 43.3 Å². The number of hydrogen-bond donors (Lipinski definition) is 1. The van der Waals surface area contributed by atoms with Gasteiger partial charge in [-0.3, -0.25) is 9.55 Å². The molecule has 0 radical (unpaired) electrons. The SMILES string of the molecule is Cc1nc2c(C(=O)O)cc(-c3ccnc(C#N)n3)cc2n1-c1ccnc2c(F)ccc(F)c12. The number of halogens is 2. The summed E-state index contributed by atoms with van der Waals surface area (Å²) in [6.45, 7) is 1.63. The largest absolute Gasteiger partial charge is 0.478 e. The van der Waals surface area contributed by atoms with E-state index in [-0.39, 0.29) is 33.5 Å². The van der Waals surface area contributed by atoms with Gasteiger partial charge in [0.2, 0.25) is 5.82 Å². The number of aromatic carboxylic acids is 1. The Morgan fingerprint density at radius 3 is 2.55 bits per heavy atom. The van der Waals surface area contributed by atoms with Gasteiger partial charge in [-0.1, -0.05) is 0 Å². The minimum atomic E-state index is -1.22. The number of aromatic nitrogens is 5. The summed E-state index contributed by atoms with van der Waals surface area (Å²) in [5.74, 6) is -2.31. The van der Waals surface area contributed by atoms with Gasteiger partial charge in [0.1, 0.15) is 34.6 Å². The van der Waals surface area contributed by atoms with E-state index < -0.39 is 17.6 Å². The van der Waals surface area contributed by atoms with Crippen molar-refractivity contribution in [1.82, 2.24) is 24.5 Å². The summed E-state index contributed by atoms with van der Waals surface area (Å²) in [7, 11) is 0. The molecule has 33 heavy (non-hydrogen) atoms. The van der Waals surface area contributed by atoms with E-state index in [1.807, 2.05) is 6.07 Å². The van der Waals surface area contributed by atoms with E-state index in [1.54, 1.807) is 17.6 Å². The summed E-state index contributed by atoms with van der Waals surface area (Å²) < 4.78 is 30.7. The average molecular weight is 442 g/mol. The summed E-state index contributed by atoms with van der Waals surface area (Å²) in [5, 5.41) is 18.9. The van der Waals surface area contributed by atoms with Crippen LogP contribution in [0.5, 0.6) is 0 Å². The Morgan fingerprint density at radius 1 is 1.03 bits per heavy atom. The van der Waals surface area contributed by atoms with Crippen LogP contribution in [0.2, 0.25) is 0 Å². The molecule has 0 fully saturated rings. The highest BCUT2D eigenvalue weighted by molar-refractivity contribution is 6.04. The third kappa shape index (κ3) is 3.14. The first-order valence-electron chi connectivity index (χ1n) is 9.62. The van der Waals surface area contributed by atoms with Crippen LogP contribution in [-0.4, -0.2) is 35.6 Å². The molecule has 1 N–H and O–H groups in total. The average Bonchev–Trinajstić information content (AvgIpc) is 3.15. The van der Waals surface area contributed by atoms with Gasteiger partial charge in [-0.15, -0.1) is 0 Å². The van der Waals surface area contributed by atoms with Crippen LogP contribution in [0.1, 0.15) is 22.0 Å². The van der Waals surface area contributed by atoms with E-state index in [0.717, 1.165) is 12.1 Å². The molecule has 0 unspecified atom stereocenters. The van der Waals surface area contributed by atoms with Gasteiger partial charge in [0, 0.05) is 18.0 Å². The molecule has 160 valence electrons. The van der Waals surface area contributed by atoms with Gasteiger partial charge in [-0.25, -0.2) is 28.5 Å². The Labute approximate surface area is 184 Å². The number of carboxylic acids is 1. The molecule has 3 heterocycles. The lowest BCUT2D eigenvalue weighted by molar-refractivity contribution is 0.0699. The van der Waals surface area contributed by atoms with Crippen molar-refractivity contribution in [3.8, 4) is 23.0 Å². The number of fused-ring (bicyclic) bond motifs is 2. The number of benzene rings is 2. The molecule has 0 spiro atoms. The molecule has 10 heteroatoms. The first kappa shape index (κ1) is 20.1. The van der Waals surface area contributed by atoms with Crippen LogP contribution in [0.4, 0.5) is 8.78 Å². The van der Waals surface area contributed by atoms with Crippen LogP contribution in [0.15, 0.2) is 48.8 Å². The van der Waals surface area contributed by atoms with E-state index in [4.69, 9.17) is 5.26 Å². The van der Waals surface area contributed by atoms with Crippen LogP contribution >= 0.6 is 0 Å². The highest BCUT2D eigenvalue weighted by atomic mass is 19.1. The van der Waals surface area contributed by atoms with Gasteiger partial charge >= 0.3 is 5.97 Å². The van der Waals surface area contributed by atoms with Crippen molar-refractivity contribution < 1.29 is 18.7 Å². The van der Waals surface area contributed by atoms with Gasteiger partial charge in [-0.2, -0.15) is 5.26 Å². The van der Waals surface area contributed by atoms with Crippen molar-refractivity contribution in [1.29, 1.82) is 5.26 Å². The maximum absolute atomic E-state index is 14.8. The molecule has 0 atom stereocenters. The molecule has 0 bridgehead atoms. The topological polar surface area (TPSA) is 118 Å². The number of carboxylic acid groups (broad SMARTS) is 1. The Kier molecular flexibility index (Phi) is 4.53. The van der Waals surface area contributed by atoms with Crippen LogP contribution < -0.4 is 0 Å². The van der Waals surface area contributed by atoms with Crippen molar-refractivity contribution in [2.45, 2.75) is 6.92 Å². The predicted octanol–water partition coefficient (Wildman–Crippen LogP) is 4.19. The maximum Gasteiger partial charge on any atom is 0.338 e. The molecule has 8 nitrogen and oxygen atoms in total. The Balaban J connectivity index is 1.89. The van der Waals surface area contributed by atoms with Gasteiger partial charge in [0.15, 0.2) is 0 Å². The number of imidazole rings is 1. The third-order valence-corrected chi connectivity index (χ3v) is 5.22. The van der Waals surface area contributed by atoms with Crippen molar-refractivity contribution in [3.05, 3.63) is 77.6 Å². The Bertz CT molecular complexity index is 1660. The van der Waals surface area contributed by atoms with Crippen molar-refractivity contribution in [3.63, 3.8) is 0 Å². The molecule has 0 aliphatic heterocycles. The number of aryl methyl sites for hydroxylation is 1. The first-order valence-corrected chi connectivity index (χ1v) is 9.62. The van der Waals surface area contributed by atoms with E-state index in [0.29, 0.717) is 22.6 Å². The molecular formula is C23H12F2N6O2. The number of hydrogen-bond acceptors (Lipinski definition) is 6. The number of nitriles is 1. The Morgan fingerprint density at radius 2 is 1.79 bits per heavy atom. The number of nitrogens with zero attached hydrogens (tertiary/aromatic N) is 6. The summed E-state index contributed by atoms with van der Waals surface area (Å²) in [4.78, 5) is 28.4. The summed E-state index contributed by atoms with van der Waals surface area (Å²) in [6.07, 6.45) is 2.74. The molecule has 5 aromatic rings. The van der Waals surface area contributed by atoms with Gasteiger partial charge in [0.05, 0.1) is 27.8 Å². The minimum Gasteiger partial charge on any atom is -0.478 e. The molecule has 0 saturated carbocycles. The molecule has 5 rings (SSSR count). The molecule has 0 saturated heterocycles. The Hall–Kier alpha value is -4.78. The fourth-order valence-corrected chi connectivity index (χ4v) is 3.84. The monoisotopic (exact) mass is 442 g/mol. The van der Waals surface area contributed by atoms with Crippen LogP contribution in [-0.2, 0) is 0 Å². The molecule has 3 aromatic heterocycles. The molecular weight excluding hydrogens is 430 g/mol. The fraction of sp³-hybridized carbons (Fsp3) is 0.0435. The van der Waals surface area contributed by atoms with E-state index >= 15 is 0 Å². The second-order valence-electron chi connectivity index (χ2n) is 7.15. The predicted molar refractivity (Wildman–Crippen MR) is 114 cm³/mol. The lowest BCUT2D eigenvalue weighted by Gasteiger charge is -2.12. The quantitative estimate of drug-likeness (QED) is 0.445. The lowest BCUT2D eigenvalue weighted by Crippen LogP contribution is -2.03. The normalized spacial score (nSPS) is 11.1. The first-order chi connectivity index (χ1) is 15.9. The summed E-state index contributed by atoms with van der Waals surface area (Å²) >= 11 is 0. The van der Waals surface area contributed by atoms with E-state index in [9.17, 15) is 18.7 Å². The van der Waals surface area contributed by atoms with Crippen LogP contribution in [0, 0.1) is 29.9 Å². The van der Waals surface area contributed by atoms with E-state index in [1.165, 1.54) is 30.6 Å². The fourth-order valence-electron chi connectivity index (χ4n) is 3.84. The zero-order chi connectivity index (χ0) is 23.3. The molecule has 0 amide bonds. The maximum atomic E-state index is 14.8. The zero-order valence-corrected chi connectivity index (χ0v) is 16.9. The standard InChI is InChI=1S/C23H12F2N6O2/c1-11-29-21-13(23(32)33)8-12(16-4-6-27-19(10-26)30-16)9-18(21)31(11)17-5-7-28-22-15(25)3-2-14(24)20(17)22/h2-9H,1H3,(H,32,33).